The molecular formula is C10H8F2N4O3. The van der Waals surface area contributed by atoms with Gasteiger partial charge in [-0.25, -0.2) is 4.39 Å². The lowest BCUT2D eigenvalue weighted by atomic mass is 10.2. The first-order chi connectivity index (χ1) is 9.02. The van der Waals surface area contributed by atoms with Gasteiger partial charge in [-0.3, -0.25) is 10.1 Å². The third kappa shape index (κ3) is 2.55. The molecule has 2 rings (SSSR count). The molecule has 0 atom stereocenters. The van der Waals surface area contributed by atoms with E-state index >= 15 is 0 Å². The molecule has 2 N–H and O–H groups in total. The minimum absolute atomic E-state index is 0.142. The average molecular weight is 270 g/mol. The predicted octanol–water partition coefficient (Wildman–Crippen LogP) is 1.42. The molecule has 0 spiro atoms. The van der Waals surface area contributed by atoms with Crippen LogP contribution < -0.4 is 5.73 Å². The molecule has 9 heteroatoms. The molecule has 0 fully saturated rings. The van der Waals surface area contributed by atoms with Gasteiger partial charge in [0.1, 0.15) is 5.82 Å². The average Bonchev–Trinajstić information content (AvgIpc) is 2.80. The summed E-state index contributed by atoms with van der Waals surface area (Å²) in [6, 6.07) is 1.23. The maximum atomic E-state index is 13.8. The van der Waals surface area contributed by atoms with Crippen LogP contribution in [0, 0.1) is 21.7 Å². The molecule has 2 aromatic rings. The molecule has 100 valence electrons. The van der Waals surface area contributed by atoms with Gasteiger partial charge in [0.15, 0.2) is 0 Å². The second-order valence-electron chi connectivity index (χ2n) is 3.58. The summed E-state index contributed by atoms with van der Waals surface area (Å²) in [5, 5.41) is 17.7. The Morgan fingerprint density at radius 3 is 2.74 bits per heavy atom. The summed E-state index contributed by atoms with van der Waals surface area (Å²) in [6.07, 6.45) is 0.270. The number of hydrogen-bond donors (Lipinski definition) is 1. The van der Waals surface area contributed by atoms with Crippen LogP contribution in [0.4, 0.5) is 14.5 Å². The molecule has 0 amide bonds. The van der Waals surface area contributed by atoms with E-state index in [9.17, 15) is 18.9 Å². The van der Waals surface area contributed by atoms with E-state index in [1.807, 2.05) is 0 Å². The van der Waals surface area contributed by atoms with Crippen LogP contribution in [0.25, 0.3) is 11.5 Å². The van der Waals surface area contributed by atoms with E-state index in [4.69, 9.17) is 10.2 Å². The van der Waals surface area contributed by atoms with Gasteiger partial charge in [0, 0.05) is 13.0 Å². The van der Waals surface area contributed by atoms with Gasteiger partial charge in [0.25, 0.3) is 5.89 Å². The molecule has 7 nitrogen and oxygen atoms in total. The highest BCUT2D eigenvalue weighted by Gasteiger charge is 2.24. The van der Waals surface area contributed by atoms with E-state index in [1.165, 1.54) is 0 Å². The number of aromatic nitrogens is 2. The molecule has 0 unspecified atom stereocenters. The Kier molecular flexibility index (Phi) is 3.47. The van der Waals surface area contributed by atoms with Gasteiger partial charge < -0.3 is 10.2 Å². The van der Waals surface area contributed by atoms with Crippen molar-refractivity contribution in [3.8, 4) is 11.5 Å². The molecule has 0 aliphatic heterocycles. The van der Waals surface area contributed by atoms with Gasteiger partial charge in [-0.2, -0.15) is 4.39 Å². The van der Waals surface area contributed by atoms with Gasteiger partial charge in [-0.15, -0.1) is 10.2 Å². The second kappa shape index (κ2) is 5.06. The van der Waals surface area contributed by atoms with Gasteiger partial charge in [-0.05, 0) is 6.07 Å². The van der Waals surface area contributed by atoms with Gasteiger partial charge in [0.2, 0.25) is 11.7 Å². The molecule has 1 heterocycles. The smallest absolute Gasteiger partial charge is 0.308 e. The topological polar surface area (TPSA) is 108 Å². The SMILES string of the molecule is NCCc1nnc(-c2cc(F)cc([N+](=O)[O-])c2F)o1. The van der Waals surface area contributed by atoms with E-state index in [0.717, 1.165) is 6.07 Å². The number of halogens is 2. The fourth-order valence-electron chi connectivity index (χ4n) is 1.45. The first-order valence-electron chi connectivity index (χ1n) is 5.19. The summed E-state index contributed by atoms with van der Waals surface area (Å²) in [4.78, 5) is 9.55. The van der Waals surface area contributed by atoms with Crippen molar-refractivity contribution < 1.29 is 18.1 Å². The molecule has 19 heavy (non-hydrogen) atoms. The fourth-order valence-corrected chi connectivity index (χ4v) is 1.45. The highest BCUT2D eigenvalue weighted by molar-refractivity contribution is 5.59. The Labute approximate surface area is 105 Å². The van der Waals surface area contributed by atoms with E-state index in [-0.39, 0.29) is 24.7 Å². The number of nitrogens with two attached hydrogens (primary N) is 1. The molecule has 1 aromatic heterocycles. The maximum Gasteiger partial charge on any atom is 0.308 e. The van der Waals surface area contributed by atoms with Crippen LogP contribution >= 0.6 is 0 Å². The van der Waals surface area contributed by atoms with Crippen LogP contribution in [0.15, 0.2) is 16.5 Å². The number of rotatable bonds is 4. The zero-order chi connectivity index (χ0) is 14.0. The Hall–Kier alpha value is -2.42. The highest BCUT2D eigenvalue weighted by atomic mass is 19.1. The minimum atomic E-state index is -1.23. The van der Waals surface area contributed by atoms with Crippen molar-refractivity contribution in [2.24, 2.45) is 5.73 Å². The molecule has 0 radical (unpaired) electrons. The first-order valence-corrected chi connectivity index (χ1v) is 5.19. The number of nitro groups is 1. The van der Waals surface area contributed by atoms with Crippen LogP contribution in [0.3, 0.4) is 0 Å². The summed E-state index contributed by atoms with van der Waals surface area (Å²) in [7, 11) is 0. The van der Waals surface area contributed by atoms with Crippen LogP contribution in [-0.4, -0.2) is 21.7 Å². The zero-order valence-electron chi connectivity index (χ0n) is 9.47. The number of nitro benzene ring substituents is 1. The molecule has 0 saturated carbocycles. The Morgan fingerprint density at radius 1 is 1.37 bits per heavy atom. The molecule has 1 aromatic carbocycles. The van der Waals surface area contributed by atoms with E-state index < -0.39 is 27.8 Å². The van der Waals surface area contributed by atoms with Crippen molar-refractivity contribution in [2.45, 2.75) is 6.42 Å². The Morgan fingerprint density at radius 2 is 2.11 bits per heavy atom. The Bertz CT molecular complexity index is 629. The van der Waals surface area contributed by atoms with Crippen molar-refractivity contribution in [3.63, 3.8) is 0 Å². The van der Waals surface area contributed by atoms with E-state index in [1.54, 1.807) is 0 Å². The first kappa shape index (κ1) is 13.0. The molecule has 0 aliphatic rings. The summed E-state index contributed by atoms with van der Waals surface area (Å²) >= 11 is 0. The lowest BCUT2D eigenvalue weighted by molar-refractivity contribution is -0.387. The normalized spacial score (nSPS) is 10.7. The van der Waals surface area contributed by atoms with Crippen LogP contribution in [-0.2, 0) is 6.42 Å². The monoisotopic (exact) mass is 270 g/mol. The van der Waals surface area contributed by atoms with Crippen molar-refractivity contribution in [3.05, 3.63) is 39.8 Å². The lowest BCUT2D eigenvalue weighted by Crippen LogP contribution is -2.02. The maximum absolute atomic E-state index is 13.8. The summed E-state index contributed by atoms with van der Waals surface area (Å²) in [5.41, 5.74) is 3.83. The van der Waals surface area contributed by atoms with Crippen molar-refractivity contribution in [2.75, 3.05) is 6.54 Å². The van der Waals surface area contributed by atoms with Crippen LogP contribution in [0.2, 0.25) is 0 Å². The number of benzene rings is 1. The summed E-state index contributed by atoms with van der Waals surface area (Å²) < 4.78 is 32.1. The largest absolute Gasteiger partial charge is 0.421 e. The fraction of sp³-hybridized carbons (Fsp3) is 0.200. The van der Waals surface area contributed by atoms with E-state index in [2.05, 4.69) is 10.2 Å². The van der Waals surface area contributed by atoms with E-state index in [0.29, 0.717) is 6.07 Å². The second-order valence-corrected chi connectivity index (χ2v) is 3.58. The molecule has 0 saturated heterocycles. The van der Waals surface area contributed by atoms with Gasteiger partial charge in [-0.1, -0.05) is 0 Å². The van der Waals surface area contributed by atoms with Crippen LogP contribution in [0.5, 0.6) is 0 Å². The predicted molar refractivity (Wildman–Crippen MR) is 59.1 cm³/mol. The number of hydrogen-bond acceptors (Lipinski definition) is 6. The van der Waals surface area contributed by atoms with Crippen molar-refractivity contribution >= 4 is 5.69 Å². The molecular weight excluding hydrogens is 262 g/mol. The molecule has 0 bridgehead atoms. The van der Waals surface area contributed by atoms with Gasteiger partial charge in [0.05, 0.1) is 16.6 Å². The summed E-state index contributed by atoms with van der Waals surface area (Å²) in [5.74, 6) is -2.39. The van der Waals surface area contributed by atoms with Crippen LogP contribution in [0.1, 0.15) is 5.89 Å². The lowest BCUT2D eigenvalue weighted by Gasteiger charge is -1.99. The standard InChI is InChI=1S/C10H8F2N4O3/c11-5-3-6(9(12)7(4-5)16(17)18)10-15-14-8(19-10)1-2-13/h3-4H,1-2,13H2. The van der Waals surface area contributed by atoms with Crippen molar-refractivity contribution in [1.82, 2.24) is 10.2 Å². The summed E-state index contributed by atoms with van der Waals surface area (Å²) in [6.45, 7) is 0.243. The van der Waals surface area contributed by atoms with Gasteiger partial charge >= 0.3 is 5.69 Å². The minimum Gasteiger partial charge on any atom is -0.421 e. The third-order valence-corrected chi connectivity index (χ3v) is 2.27. The highest BCUT2D eigenvalue weighted by Crippen LogP contribution is 2.29. The zero-order valence-corrected chi connectivity index (χ0v) is 9.47. The quantitative estimate of drug-likeness (QED) is 0.664. The third-order valence-electron chi connectivity index (χ3n) is 2.27. The Balaban J connectivity index is 2.51. The molecule has 0 aliphatic carbocycles. The number of nitrogens with zero attached hydrogens (tertiary/aromatic N) is 3. The van der Waals surface area contributed by atoms with Crippen molar-refractivity contribution in [1.29, 1.82) is 0 Å².